The van der Waals surface area contributed by atoms with Crippen LogP contribution in [-0.2, 0) is 4.79 Å². The highest BCUT2D eigenvalue weighted by Crippen LogP contribution is 2.48. The van der Waals surface area contributed by atoms with Crippen molar-refractivity contribution < 1.29 is 4.79 Å². The zero-order valence-corrected chi connectivity index (χ0v) is 13.4. The molecule has 23 heavy (non-hydrogen) atoms. The number of aromatic nitrogens is 3. The minimum absolute atomic E-state index is 0.150. The maximum Gasteiger partial charge on any atom is 0.226 e. The van der Waals surface area contributed by atoms with Gasteiger partial charge in [-0.15, -0.1) is 0 Å². The van der Waals surface area contributed by atoms with Crippen molar-refractivity contribution in [3.8, 4) is 0 Å². The van der Waals surface area contributed by atoms with Crippen molar-refractivity contribution in [2.24, 2.45) is 5.92 Å². The molecular formula is C18H22N4O. The SMILES string of the molecule is Cc1cnn([C@@H]2CCCN(C(=O)[C@H]3C[C@@H]3c3cccnc3)C2)c1. The number of carbonyl (C=O) groups excluding carboxylic acids is 1. The highest BCUT2D eigenvalue weighted by Gasteiger charge is 2.46. The summed E-state index contributed by atoms with van der Waals surface area (Å²) in [7, 11) is 0. The first-order valence-electron chi connectivity index (χ1n) is 8.42. The van der Waals surface area contributed by atoms with Crippen LogP contribution in [0.1, 0.15) is 42.3 Å². The maximum atomic E-state index is 12.8. The summed E-state index contributed by atoms with van der Waals surface area (Å²) in [6.07, 6.45) is 10.8. The lowest BCUT2D eigenvalue weighted by molar-refractivity contribution is -0.134. The highest BCUT2D eigenvalue weighted by atomic mass is 16.2. The van der Waals surface area contributed by atoms with E-state index in [0.717, 1.165) is 32.4 Å². The number of amides is 1. The molecule has 1 aliphatic carbocycles. The molecule has 3 heterocycles. The van der Waals surface area contributed by atoms with Crippen molar-refractivity contribution in [1.29, 1.82) is 0 Å². The Kier molecular flexibility index (Phi) is 3.63. The summed E-state index contributed by atoms with van der Waals surface area (Å²) in [5, 5.41) is 4.43. The molecule has 2 aromatic rings. The summed E-state index contributed by atoms with van der Waals surface area (Å²) in [5.41, 5.74) is 2.37. The fourth-order valence-corrected chi connectivity index (χ4v) is 3.67. The van der Waals surface area contributed by atoms with E-state index in [1.165, 1.54) is 11.1 Å². The summed E-state index contributed by atoms with van der Waals surface area (Å²) in [6, 6.07) is 4.35. The van der Waals surface area contributed by atoms with Crippen LogP contribution < -0.4 is 0 Å². The van der Waals surface area contributed by atoms with Gasteiger partial charge in [-0.05, 0) is 49.3 Å². The molecule has 0 N–H and O–H groups in total. The predicted molar refractivity (Wildman–Crippen MR) is 86.9 cm³/mol. The van der Waals surface area contributed by atoms with Gasteiger partial charge in [0, 0.05) is 37.6 Å². The smallest absolute Gasteiger partial charge is 0.226 e. The number of rotatable bonds is 3. The Labute approximate surface area is 136 Å². The molecule has 0 spiro atoms. The molecule has 5 heteroatoms. The molecule has 1 aliphatic heterocycles. The Balaban J connectivity index is 1.41. The van der Waals surface area contributed by atoms with E-state index in [-0.39, 0.29) is 5.92 Å². The molecule has 1 saturated heterocycles. The van der Waals surface area contributed by atoms with Gasteiger partial charge in [0.15, 0.2) is 0 Å². The number of carbonyl (C=O) groups is 1. The molecule has 1 amide bonds. The Morgan fingerprint density at radius 1 is 1.35 bits per heavy atom. The zero-order valence-electron chi connectivity index (χ0n) is 13.4. The van der Waals surface area contributed by atoms with Crippen LogP contribution in [-0.4, -0.2) is 38.7 Å². The summed E-state index contributed by atoms with van der Waals surface area (Å²) in [6.45, 7) is 3.72. The van der Waals surface area contributed by atoms with E-state index in [2.05, 4.69) is 29.3 Å². The van der Waals surface area contributed by atoms with Crippen LogP contribution in [0.2, 0.25) is 0 Å². The fraction of sp³-hybridized carbons (Fsp3) is 0.500. The fourth-order valence-electron chi connectivity index (χ4n) is 3.67. The highest BCUT2D eigenvalue weighted by molar-refractivity contribution is 5.83. The summed E-state index contributed by atoms with van der Waals surface area (Å²) in [5.74, 6) is 0.827. The first kappa shape index (κ1) is 14.4. The zero-order chi connectivity index (χ0) is 15.8. The molecule has 5 nitrogen and oxygen atoms in total. The van der Waals surface area contributed by atoms with Gasteiger partial charge in [-0.25, -0.2) is 0 Å². The van der Waals surface area contributed by atoms with Crippen LogP contribution in [0.4, 0.5) is 0 Å². The van der Waals surface area contributed by atoms with E-state index in [1.54, 1.807) is 6.20 Å². The van der Waals surface area contributed by atoms with Gasteiger partial charge >= 0.3 is 0 Å². The largest absolute Gasteiger partial charge is 0.340 e. The molecule has 0 bridgehead atoms. The van der Waals surface area contributed by atoms with E-state index < -0.39 is 0 Å². The lowest BCUT2D eigenvalue weighted by atomic mass is 10.0. The quantitative estimate of drug-likeness (QED) is 0.875. The summed E-state index contributed by atoms with van der Waals surface area (Å²) >= 11 is 0. The standard InChI is InChI=1S/C18H22N4O/c1-13-9-20-22(11-13)15-5-3-7-21(12-15)18(23)17-8-16(17)14-4-2-6-19-10-14/h2,4,6,9-11,15-17H,3,5,7-8,12H2,1H3/t15-,16-,17+/m1/s1. The van der Waals surface area contributed by atoms with Crippen molar-refractivity contribution in [2.45, 2.75) is 38.1 Å². The topological polar surface area (TPSA) is 51.0 Å². The molecule has 1 saturated carbocycles. The van der Waals surface area contributed by atoms with Gasteiger partial charge in [-0.1, -0.05) is 6.07 Å². The lowest BCUT2D eigenvalue weighted by Gasteiger charge is -2.33. The van der Waals surface area contributed by atoms with Crippen LogP contribution in [0.25, 0.3) is 0 Å². The normalized spacial score (nSPS) is 27.0. The Morgan fingerprint density at radius 3 is 3.00 bits per heavy atom. The van der Waals surface area contributed by atoms with Gasteiger partial charge in [-0.2, -0.15) is 5.10 Å². The first-order valence-corrected chi connectivity index (χ1v) is 8.42. The van der Waals surface area contributed by atoms with Gasteiger partial charge in [0.1, 0.15) is 0 Å². The van der Waals surface area contributed by atoms with Gasteiger partial charge < -0.3 is 4.90 Å². The second kappa shape index (κ2) is 5.80. The second-order valence-electron chi connectivity index (χ2n) is 6.81. The third kappa shape index (κ3) is 2.87. The molecule has 2 fully saturated rings. The second-order valence-corrected chi connectivity index (χ2v) is 6.81. The Hall–Kier alpha value is -2.17. The van der Waals surface area contributed by atoms with Gasteiger partial charge in [-0.3, -0.25) is 14.5 Å². The monoisotopic (exact) mass is 310 g/mol. The predicted octanol–water partition coefficient (Wildman–Crippen LogP) is 2.55. The number of nitrogens with zero attached hydrogens (tertiary/aromatic N) is 4. The Bertz CT molecular complexity index is 696. The number of aryl methyl sites for hydroxylation is 1. The molecule has 2 aliphatic rings. The van der Waals surface area contributed by atoms with Crippen molar-refractivity contribution in [3.63, 3.8) is 0 Å². The number of hydrogen-bond acceptors (Lipinski definition) is 3. The molecule has 120 valence electrons. The van der Waals surface area contributed by atoms with Crippen molar-refractivity contribution >= 4 is 5.91 Å². The number of pyridine rings is 1. The van der Waals surface area contributed by atoms with E-state index in [4.69, 9.17) is 0 Å². The number of hydrogen-bond donors (Lipinski definition) is 0. The maximum absolute atomic E-state index is 12.8. The minimum Gasteiger partial charge on any atom is -0.340 e. The van der Waals surface area contributed by atoms with Crippen molar-refractivity contribution in [2.75, 3.05) is 13.1 Å². The summed E-state index contributed by atoms with van der Waals surface area (Å²) < 4.78 is 2.03. The van der Waals surface area contributed by atoms with Gasteiger partial charge in [0.25, 0.3) is 0 Å². The minimum atomic E-state index is 0.150. The average Bonchev–Trinajstić information content (AvgIpc) is 3.29. The van der Waals surface area contributed by atoms with E-state index in [1.807, 2.05) is 28.0 Å². The van der Waals surface area contributed by atoms with E-state index in [0.29, 0.717) is 17.9 Å². The van der Waals surface area contributed by atoms with Crippen molar-refractivity contribution in [3.05, 3.63) is 48.0 Å². The molecule has 0 radical (unpaired) electrons. The molecule has 0 aromatic carbocycles. The Morgan fingerprint density at radius 2 is 2.26 bits per heavy atom. The van der Waals surface area contributed by atoms with Crippen LogP contribution >= 0.6 is 0 Å². The third-order valence-electron chi connectivity index (χ3n) is 5.03. The van der Waals surface area contributed by atoms with Crippen LogP contribution in [0.15, 0.2) is 36.9 Å². The van der Waals surface area contributed by atoms with Crippen LogP contribution in [0.5, 0.6) is 0 Å². The molecule has 4 rings (SSSR count). The molecular weight excluding hydrogens is 288 g/mol. The van der Waals surface area contributed by atoms with Crippen molar-refractivity contribution in [1.82, 2.24) is 19.7 Å². The van der Waals surface area contributed by atoms with E-state index >= 15 is 0 Å². The summed E-state index contributed by atoms with van der Waals surface area (Å²) in [4.78, 5) is 19.0. The van der Waals surface area contributed by atoms with E-state index in [9.17, 15) is 4.79 Å². The van der Waals surface area contributed by atoms with Gasteiger partial charge in [0.05, 0.1) is 12.2 Å². The molecule has 2 aromatic heterocycles. The molecule has 0 unspecified atom stereocenters. The third-order valence-corrected chi connectivity index (χ3v) is 5.03. The number of piperidine rings is 1. The lowest BCUT2D eigenvalue weighted by Crippen LogP contribution is -2.41. The van der Waals surface area contributed by atoms with Gasteiger partial charge in [0.2, 0.25) is 5.91 Å². The first-order chi connectivity index (χ1) is 11.2. The van der Waals surface area contributed by atoms with Crippen LogP contribution in [0, 0.1) is 12.8 Å². The average molecular weight is 310 g/mol. The van der Waals surface area contributed by atoms with Crippen LogP contribution in [0.3, 0.4) is 0 Å². The number of likely N-dealkylation sites (tertiary alicyclic amines) is 1. The molecule has 3 atom stereocenters.